The molecule has 3 aromatic carbocycles. The topological polar surface area (TPSA) is 54.9 Å². The number of amides is 1. The maximum absolute atomic E-state index is 13.5. The van der Waals surface area contributed by atoms with Gasteiger partial charge >= 0.3 is 0 Å². The van der Waals surface area contributed by atoms with E-state index >= 15 is 0 Å². The average Bonchev–Trinajstić information content (AvgIpc) is 2.88. The van der Waals surface area contributed by atoms with Crippen LogP contribution in [0.4, 0.5) is 0 Å². The van der Waals surface area contributed by atoms with Crippen molar-refractivity contribution in [1.29, 1.82) is 0 Å². The summed E-state index contributed by atoms with van der Waals surface area (Å²) < 4.78 is 10.9. The molecule has 6 nitrogen and oxygen atoms in total. The molecule has 1 saturated heterocycles. The molecule has 0 aliphatic carbocycles. The minimum atomic E-state index is 0.0445. The van der Waals surface area contributed by atoms with E-state index in [1.807, 2.05) is 53.4 Å². The van der Waals surface area contributed by atoms with Crippen molar-refractivity contribution in [1.82, 2.24) is 14.8 Å². The van der Waals surface area contributed by atoms with Gasteiger partial charge < -0.3 is 14.4 Å². The van der Waals surface area contributed by atoms with Gasteiger partial charge in [0.1, 0.15) is 11.5 Å². The molecule has 0 unspecified atom stereocenters. The molecule has 168 valence electrons. The van der Waals surface area contributed by atoms with E-state index in [2.05, 4.69) is 22.0 Å². The van der Waals surface area contributed by atoms with E-state index in [0.717, 1.165) is 58.4 Å². The van der Waals surface area contributed by atoms with E-state index in [1.165, 1.54) is 0 Å². The molecule has 1 fully saturated rings. The molecule has 0 spiro atoms. The molecule has 0 bridgehead atoms. The predicted octanol–water partition coefficient (Wildman–Crippen LogP) is 4.36. The third kappa shape index (κ3) is 4.10. The first-order valence-corrected chi connectivity index (χ1v) is 11.2. The lowest BCUT2D eigenvalue weighted by molar-refractivity contribution is 0.0629. The highest BCUT2D eigenvalue weighted by molar-refractivity contribution is 6.15. The van der Waals surface area contributed by atoms with Gasteiger partial charge in [-0.3, -0.25) is 14.7 Å². The van der Waals surface area contributed by atoms with Gasteiger partial charge in [-0.15, -0.1) is 0 Å². The zero-order chi connectivity index (χ0) is 22.8. The van der Waals surface area contributed by atoms with E-state index in [9.17, 15) is 4.79 Å². The number of benzene rings is 3. The number of nitrogens with zero attached hydrogens (tertiary/aromatic N) is 3. The van der Waals surface area contributed by atoms with Crippen LogP contribution in [0.3, 0.4) is 0 Å². The summed E-state index contributed by atoms with van der Waals surface area (Å²) in [5.41, 5.74) is 2.53. The van der Waals surface area contributed by atoms with Gasteiger partial charge in [0.25, 0.3) is 5.91 Å². The molecule has 0 radical (unpaired) electrons. The van der Waals surface area contributed by atoms with Crippen molar-refractivity contribution < 1.29 is 14.3 Å². The summed E-state index contributed by atoms with van der Waals surface area (Å²) in [6.45, 7) is 3.69. The fraction of sp³-hybridized carbons (Fsp3) is 0.259. The van der Waals surface area contributed by atoms with E-state index in [-0.39, 0.29) is 5.91 Å². The molecule has 2 heterocycles. The van der Waals surface area contributed by atoms with Crippen LogP contribution in [0.5, 0.6) is 11.5 Å². The van der Waals surface area contributed by atoms with Crippen molar-refractivity contribution >= 4 is 27.6 Å². The number of rotatable bonds is 5. The molecule has 0 N–H and O–H groups in total. The number of fused-ring (bicyclic) bond motifs is 3. The predicted molar refractivity (Wildman–Crippen MR) is 130 cm³/mol. The van der Waals surface area contributed by atoms with E-state index in [4.69, 9.17) is 9.47 Å². The Labute approximate surface area is 193 Å². The summed E-state index contributed by atoms with van der Waals surface area (Å²) >= 11 is 0. The monoisotopic (exact) mass is 441 g/mol. The molecule has 5 rings (SSSR count). The summed E-state index contributed by atoms with van der Waals surface area (Å²) in [6.07, 6.45) is 1.76. The van der Waals surface area contributed by atoms with E-state index < -0.39 is 0 Å². The Morgan fingerprint density at radius 2 is 1.70 bits per heavy atom. The van der Waals surface area contributed by atoms with Gasteiger partial charge in [-0.1, -0.05) is 30.3 Å². The SMILES string of the molecule is COc1ccc(OC)c(CN2CCN(C(=O)c3cc4ccccc4c4cccnc34)CC2)c1. The molecule has 0 atom stereocenters. The normalized spacial score (nSPS) is 14.5. The third-order valence-electron chi connectivity index (χ3n) is 6.39. The van der Waals surface area contributed by atoms with Crippen LogP contribution in [-0.2, 0) is 6.54 Å². The molecular formula is C27H27N3O3. The maximum atomic E-state index is 13.5. The Hall–Kier alpha value is -3.64. The standard InChI is InChI=1S/C27H27N3O3/c1-32-21-9-10-25(33-2)20(16-21)18-29-12-14-30(15-13-29)27(31)24-17-19-6-3-4-7-22(19)23-8-5-11-28-26(23)24/h3-11,16-17H,12-15,18H2,1-2H3. The first-order chi connectivity index (χ1) is 16.2. The molecule has 1 aromatic heterocycles. The Morgan fingerprint density at radius 3 is 2.48 bits per heavy atom. The Balaban J connectivity index is 1.35. The van der Waals surface area contributed by atoms with Crippen LogP contribution < -0.4 is 9.47 Å². The van der Waals surface area contributed by atoms with Crippen LogP contribution in [0.15, 0.2) is 66.9 Å². The van der Waals surface area contributed by atoms with Gasteiger partial charge in [-0.2, -0.15) is 0 Å². The fourth-order valence-electron chi connectivity index (χ4n) is 4.62. The zero-order valence-electron chi connectivity index (χ0n) is 19.0. The van der Waals surface area contributed by atoms with Gasteiger partial charge in [0.15, 0.2) is 0 Å². The lowest BCUT2D eigenvalue weighted by Crippen LogP contribution is -2.48. The van der Waals surface area contributed by atoms with Crippen molar-refractivity contribution in [3.05, 3.63) is 78.0 Å². The van der Waals surface area contributed by atoms with Gasteiger partial charge in [-0.05, 0) is 41.1 Å². The molecule has 6 heteroatoms. The average molecular weight is 442 g/mol. The van der Waals surface area contributed by atoms with Gasteiger partial charge in [0.2, 0.25) is 0 Å². The zero-order valence-corrected chi connectivity index (χ0v) is 19.0. The molecule has 1 aliphatic rings. The highest BCUT2D eigenvalue weighted by Crippen LogP contribution is 2.29. The molecule has 0 saturated carbocycles. The number of carbonyl (C=O) groups excluding carboxylic acids is 1. The summed E-state index contributed by atoms with van der Waals surface area (Å²) in [4.78, 5) is 22.4. The van der Waals surface area contributed by atoms with Gasteiger partial charge in [-0.25, -0.2) is 0 Å². The second-order valence-electron chi connectivity index (χ2n) is 8.29. The fourth-order valence-corrected chi connectivity index (χ4v) is 4.62. The Kier molecular flexibility index (Phi) is 5.84. The lowest BCUT2D eigenvalue weighted by Gasteiger charge is -2.35. The largest absolute Gasteiger partial charge is 0.497 e. The number of carbonyl (C=O) groups is 1. The van der Waals surface area contributed by atoms with Crippen molar-refractivity contribution in [3.63, 3.8) is 0 Å². The third-order valence-corrected chi connectivity index (χ3v) is 6.39. The molecule has 4 aromatic rings. The van der Waals surface area contributed by atoms with Crippen molar-refractivity contribution in [2.75, 3.05) is 40.4 Å². The minimum absolute atomic E-state index is 0.0445. The molecule has 1 amide bonds. The van der Waals surface area contributed by atoms with Crippen LogP contribution in [0, 0.1) is 0 Å². The van der Waals surface area contributed by atoms with E-state index in [0.29, 0.717) is 18.7 Å². The molecular weight excluding hydrogens is 414 g/mol. The summed E-state index contributed by atoms with van der Waals surface area (Å²) in [6, 6.07) is 20.0. The smallest absolute Gasteiger partial charge is 0.256 e. The van der Waals surface area contributed by atoms with Crippen molar-refractivity contribution in [2.45, 2.75) is 6.54 Å². The second kappa shape index (κ2) is 9.08. The molecule has 33 heavy (non-hydrogen) atoms. The maximum Gasteiger partial charge on any atom is 0.256 e. The highest BCUT2D eigenvalue weighted by Gasteiger charge is 2.25. The van der Waals surface area contributed by atoms with Crippen LogP contribution in [0.25, 0.3) is 21.7 Å². The van der Waals surface area contributed by atoms with Crippen LogP contribution in [-0.4, -0.2) is 61.1 Å². The van der Waals surface area contributed by atoms with Crippen molar-refractivity contribution in [3.8, 4) is 11.5 Å². The number of pyridine rings is 1. The van der Waals surface area contributed by atoms with Gasteiger partial charge in [0.05, 0.1) is 25.3 Å². The number of hydrogen-bond donors (Lipinski definition) is 0. The number of ether oxygens (including phenoxy) is 2. The van der Waals surface area contributed by atoms with Gasteiger partial charge in [0, 0.05) is 49.9 Å². The number of methoxy groups -OCH3 is 2. The van der Waals surface area contributed by atoms with Crippen LogP contribution in [0.1, 0.15) is 15.9 Å². The number of piperazine rings is 1. The first-order valence-electron chi connectivity index (χ1n) is 11.2. The minimum Gasteiger partial charge on any atom is -0.497 e. The lowest BCUT2D eigenvalue weighted by atomic mass is 10.00. The van der Waals surface area contributed by atoms with Crippen LogP contribution >= 0.6 is 0 Å². The van der Waals surface area contributed by atoms with Crippen molar-refractivity contribution in [2.24, 2.45) is 0 Å². The number of aromatic nitrogens is 1. The van der Waals surface area contributed by atoms with E-state index in [1.54, 1.807) is 20.4 Å². The Morgan fingerprint density at radius 1 is 0.909 bits per heavy atom. The quantitative estimate of drug-likeness (QED) is 0.431. The first kappa shape index (κ1) is 21.2. The summed E-state index contributed by atoms with van der Waals surface area (Å²) in [7, 11) is 3.35. The second-order valence-corrected chi connectivity index (χ2v) is 8.29. The highest BCUT2D eigenvalue weighted by atomic mass is 16.5. The molecule has 1 aliphatic heterocycles. The summed E-state index contributed by atoms with van der Waals surface area (Å²) in [5.74, 6) is 1.71. The Bertz CT molecular complexity index is 1310. The van der Waals surface area contributed by atoms with Crippen LogP contribution in [0.2, 0.25) is 0 Å². The number of hydrogen-bond acceptors (Lipinski definition) is 5. The summed E-state index contributed by atoms with van der Waals surface area (Å²) in [5, 5.41) is 3.20.